The minimum atomic E-state index is 0.414. The number of rotatable bonds is 4. The maximum absolute atomic E-state index is 4.23. The zero-order valence-corrected chi connectivity index (χ0v) is 9.57. The van der Waals surface area contributed by atoms with E-state index in [0.717, 1.165) is 12.2 Å². The van der Waals surface area contributed by atoms with Gasteiger partial charge in [0, 0.05) is 22.8 Å². The van der Waals surface area contributed by atoms with Gasteiger partial charge in [0.05, 0.1) is 11.2 Å². The average Bonchev–Trinajstić information content (AvgIpc) is 2.87. The Hall–Kier alpha value is -0.710. The molecule has 0 aliphatic rings. The molecule has 14 heavy (non-hydrogen) atoms. The molecular weight excluding hydrogens is 212 g/mol. The van der Waals surface area contributed by atoms with Crippen molar-refractivity contribution in [3.8, 4) is 0 Å². The Labute approximate surface area is 91.6 Å². The molecule has 0 radical (unpaired) electrons. The van der Waals surface area contributed by atoms with Crippen molar-refractivity contribution in [3.63, 3.8) is 0 Å². The van der Waals surface area contributed by atoms with Gasteiger partial charge in [-0.25, -0.2) is 4.98 Å². The predicted molar refractivity (Wildman–Crippen MR) is 61.7 cm³/mol. The molecule has 2 heterocycles. The number of nitrogens with one attached hydrogen (secondary N) is 1. The molecule has 1 atom stereocenters. The van der Waals surface area contributed by atoms with E-state index >= 15 is 0 Å². The van der Waals surface area contributed by atoms with Crippen molar-refractivity contribution in [2.24, 2.45) is 0 Å². The van der Waals surface area contributed by atoms with E-state index in [9.17, 15) is 0 Å². The Morgan fingerprint density at radius 2 is 2.50 bits per heavy atom. The van der Waals surface area contributed by atoms with E-state index in [1.165, 1.54) is 4.88 Å². The van der Waals surface area contributed by atoms with Crippen LogP contribution in [0.2, 0.25) is 0 Å². The second-order valence-electron chi connectivity index (χ2n) is 3.10. The lowest BCUT2D eigenvalue weighted by Gasteiger charge is -2.10. The molecule has 4 heteroatoms. The first-order valence-corrected chi connectivity index (χ1v) is 6.32. The van der Waals surface area contributed by atoms with Gasteiger partial charge in [-0.1, -0.05) is 6.07 Å². The molecule has 0 spiro atoms. The summed E-state index contributed by atoms with van der Waals surface area (Å²) < 4.78 is 0. The topological polar surface area (TPSA) is 24.9 Å². The van der Waals surface area contributed by atoms with Crippen LogP contribution in [0.25, 0.3) is 0 Å². The third-order valence-corrected chi connectivity index (χ3v) is 3.73. The van der Waals surface area contributed by atoms with Gasteiger partial charge in [0.25, 0.3) is 0 Å². The number of nitrogens with zero attached hydrogens (tertiary/aromatic N) is 1. The highest BCUT2D eigenvalue weighted by Gasteiger charge is 2.05. The molecule has 0 amide bonds. The molecule has 0 saturated heterocycles. The molecule has 2 aromatic rings. The first-order valence-electron chi connectivity index (χ1n) is 4.50. The third-order valence-electron chi connectivity index (χ3n) is 2.04. The van der Waals surface area contributed by atoms with Crippen LogP contribution in [0.4, 0.5) is 0 Å². The average molecular weight is 224 g/mol. The highest BCUT2D eigenvalue weighted by atomic mass is 32.1. The van der Waals surface area contributed by atoms with Gasteiger partial charge in [0.2, 0.25) is 0 Å². The number of thiophene rings is 1. The van der Waals surface area contributed by atoms with E-state index in [4.69, 9.17) is 0 Å². The molecule has 1 N–H and O–H groups in total. The standard InChI is InChI=1S/C10H12N2S2/c1-8(10-3-2-4-14-10)11-5-9-6-13-7-12-9/h2-4,6-8,11H,5H2,1H3. The van der Waals surface area contributed by atoms with Crippen LogP contribution in [0, 0.1) is 0 Å². The molecule has 0 aliphatic heterocycles. The zero-order valence-electron chi connectivity index (χ0n) is 7.93. The Morgan fingerprint density at radius 3 is 3.14 bits per heavy atom. The van der Waals surface area contributed by atoms with Crippen LogP contribution in [0.5, 0.6) is 0 Å². The summed E-state index contributed by atoms with van der Waals surface area (Å²) in [6, 6.07) is 4.65. The van der Waals surface area contributed by atoms with Crippen LogP contribution in [0.15, 0.2) is 28.4 Å². The maximum Gasteiger partial charge on any atom is 0.0795 e. The maximum atomic E-state index is 4.23. The van der Waals surface area contributed by atoms with Gasteiger partial charge in [-0.05, 0) is 18.4 Å². The fourth-order valence-corrected chi connectivity index (χ4v) is 2.54. The fourth-order valence-electron chi connectivity index (χ4n) is 1.22. The summed E-state index contributed by atoms with van der Waals surface area (Å²) in [5, 5.41) is 7.63. The summed E-state index contributed by atoms with van der Waals surface area (Å²) >= 11 is 3.43. The molecule has 0 bridgehead atoms. The van der Waals surface area contributed by atoms with E-state index < -0.39 is 0 Å². The fraction of sp³-hybridized carbons (Fsp3) is 0.300. The van der Waals surface area contributed by atoms with E-state index in [2.05, 4.69) is 40.1 Å². The zero-order chi connectivity index (χ0) is 9.80. The molecule has 2 rings (SSSR count). The van der Waals surface area contributed by atoms with Gasteiger partial charge in [-0.3, -0.25) is 0 Å². The van der Waals surface area contributed by atoms with Crippen molar-refractivity contribution in [2.45, 2.75) is 19.5 Å². The SMILES string of the molecule is CC(NCc1cscn1)c1cccs1. The van der Waals surface area contributed by atoms with Gasteiger partial charge >= 0.3 is 0 Å². The molecule has 0 fully saturated rings. The van der Waals surface area contributed by atoms with Crippen LogP contribution in [-0.2, 0) is 6.54 Å². The lowest BCUT2D eigenvalue weighted by Crippen LogP contribution is -2.17. The summed E-state index contributed by atoms with van der Waals surface area (Å²) in [6.45, 7) is 3.03. The van der Waals surface area contributed by atoms with E-state index in [0.29, 0.717) is 6.04 Å². The molecule has 2 nitrogen and oxygen atoms in total. The Morgan fingerprint density at radius 1 is 1.57 bits per heavy atom. The van der Waals surface area contributed by atoms with Crippen LogP contribution in [0.1, 0.15) is 23.5 Å². The quantitative estimate of drug-likeness (QED) is 0.863. The Balaban J connectivity index is 1.87. The van der Waals surface area contributed by atoms with Gasteiger partial charge in [0.15, 0.2) is 0 Å². The Bertz CT molecular complexity index is 353. The van der Waals surface area contributed by atoms with Gasteiger partial charge in [-0.15, -0.1) is 22.7 Å². The molecule has 0 saturated carbocycles. The van der Waals surface area contributed by atoms with Gasteiger partial charge < -0.3 is 5.32 Å². The van der Waals surface area contributed by atoms with Gasteiger partial charge in [-0.2, -0.15) is 0 Å². The number of aromatic nitrogens is 1. The summed E-state index contributed by atoms with van der Waals surface area (Å²) in [6.07, 6.45) is 0. The van der Waals surface area contributed by atoms with Crippen LogP contribution >= 0.6 is 22.7 Å². The smallest absolute Gasteiger partial charge is 0.0795 e. The monoisotopic (exact) mass is 224 g/mol. The van der Waals surface area contributed by atoms with Crippen molar-refractivity contribution in [3.05, 3.63) is 39.0 Å². The lowest BCUT2D eigenvalue weighted by atomic mass is 10.2. The minimum Gasteiger partial charge on any atom is -0.304 e. The van der Waals surface area contributed by atoms with Crippen LogP contribution in [-0.4, -0.2) is 4.98 Å². The van der Waals surface area contributed by atoms with Crippen molar-refractivity contribution < 1.29 is 0 Å². The minimum absolute atomic E-state index is 0.414. The second-order valence-corrected chi connectivity index (χ2v) is 4.80. The second kappa shape index (κ2) is 4.68. The highest BCUT2D eigenvalue weighted by Crippen LogP contribution is 2.18. The number of hydrogen-bond acceptors (Lipinski definition) is 4. The highest BCUT2D eigenvalue weighted by molar-refractivity contribution is 7.10. The summed E-state index contributed by atoms with van der Waals surface area (Å²) in [5.74, 6) is 0. The first kappa shape index (κ1) is 9.83. The normalized spacial score (nSPS) is 12.9. The number of thiazole rings is 1. The summed E-state index contributed by atoms with van der Waals surface area (Å²) in [5.41, 5.74) is 2.99. The third kappa shape index (κ3) is 2.41. The van der Waals surface area contributed by atoms with Crippen molar-refractivity contribution in [1.29, 1.82) is 0 Å². The molecular formula is C10H12N2S2. The predicted octanol–water partition coefficient (Wildman–Crippen LogP) is 3.06. The molecule has 2 aromatic heterocycles. The van der Waals surface area contributed by atoms with Crippen molar-refractivity contribution in [1.82, 2.24) is 10.3 Å². The summed E-state index contributed by atoms with van der Waals surface area (Å²) in [7, 11) is 0. The first-order chi connectivity index (χ1) is 6.86. The van der Waals surface area contributed by atoms with Crippen LogP contribution < -0.4 is 5.32 Å². The van der Waals surface area contributed by atoms with Crippen molar-refractivity contribution in [2.75, 3.05) is 0 Å². The lowest BCUT2D eigenvalue weighted by molar-refractivity contribution is 0.577. The molecule has 74 valence electrons. The summed E-state index contributed by atoms with van der Waals surface area (Å²) in [4.78, 5) is 5.60. The van der Waals surface area contributed by atoms with E-state index in [1.807, 2.05) is 5.51 Å². The Kier molecular flexibility index (Phi) is 3.29. The van der Waals surface area contributed by atoms with Crippen LogP contribution in [0.3, 0.4) is 0 Å². The number of hydrogen-bond donors (Lipinski definition) is 1. The molecule has 0 aromatic carbocycles. The van der Waals surface area contributed by atoms with E-state index in [-0.39, 0.29) is 0 Å². The molecule has 1 unspecified atom stereocenters. The molecule has 0 aliphatic carbocycles. The van der Waals surface area contributed by atoms with Crippen molar-refractivity contribution >= 4 is 22.7 Å². The largest absolute Gasteiger partial charge is 0.304 e. The van der Waals surface area contributed by atoms with E-state index in [1.54, 1.807) is 22.7 Å². The van der Waals surface area contributed by atoms with Gasteiger partial charge in [0.1, 0.15) is 0 Å².